The Morgan fingerprint density at radius 1 is 1.47 bits per heavy atom. The normalized spacial score (nSPS) is 12.4. The van der Waals surface area contributed by atoms with Crippen molar-refractivity contribution in [2.24, 2.45) is 5.73 Å². The first-order valence-electron chi connectivity index (χ1n) is 5.09. The summed E-state index contributed by atoms with van der Waals surface area (Å²) in [7, 11) is 1.65. The molecule has 0 saturated heterocycles. The number of hydrogen-bond donors (Lipinski definition) is 1. The van der Waals surface area contributed by atoms with Crippen LogP contribution in [0.2, 0.25) is 0 Å². The highest BCUT2D eigenvalue weighted by Crippen LogP contribution is 2.37. The summed E-state index contributed by atoms with van der Waals surface area (Å²) in [6.45, 7) is 1.95. The Kier molecular flexibility index (Phi) is 3.98. The minimum absolute atomic E-state index is 0.0819. The molecule has 2 aromatic rings. The van der Waals surface area contributed by atoms with Gasteiger partial charge in [0.25, 0.3) is 0 Å². The molecule has 0 aliphatic rings. The van der Waals surface area contributed by atoms with Crippen molar-refractivity contribution in [2.45, 2.75) is 22.2 Å². The summed E-state index contributed by atoms with van der Waals surface area (Å²) in [6.07, 6.45) is 0. The van der Waals surface area contributed by atoms with Crippen molar-refractivity contribution in [1.29, 1.82) is 0 Å². The first-order chi connectivity index (χ1) is 8.22. The maximum atomic E-state index is 5.99. The topological polar surface area (TPSA) is 61.0 Å². The van der Waals surface area contributed by atoms with Crippen LogP contribution in [0, 0.1) is 0 Å². The van der Waals surface area contributed by atoms with Crippen molar-refractivity contribution >= 4 is 23.1 Å². The summed E-state index contributed by atoms with van der Waals surface area (Å²) in [5.41, 5.74) is 8.72. The molecule has 0 saturated carbocycles. The van der Waals surface area contributed by atoms with Crippen LogP contribution in [0.25, 0.3) is 0 Å². The number of methoxy groups -OCH3 is 1. The number of rotatable bonds is 4. The highest BCUT2D eigenvalue weighted by molar-refractivity contribution is 8.01. The quantitative estimate of drug-likeness (QED) is 0.923. The summed E-state index contributed by atoms with van der Waals surface area (Å²) in [4.78, 5) is 1.07. The Hall–Kier alpha value is -1.11. The van der Waals surface area contributed by atoms with Crippen LogP contribution in [-0.2, 0) is 0 Å². The zero-order valence-electron chi connectivity index (χ0n) is 9.58. The van der Waals surface area contributed by atoms with E-state index in [9.17, 15) is 0 Å². The molecule has 90 valence electrons. The lowest BCUT2D eigenvalue weighted by Crippen LogP contribution is -2.08. The number of hydrogen-bond acceptors (Lipinski definition) is 6. The van der Waals surface area contributed by atoms with E-state index in [-0.39, 0.29) is 6.04 Å². The minimum Gasteiger partial charge on any atom is -0.496 e. The molecule has 2 rings (SSSR count). The molecular weight excluding hydrogens is 254 g/mol. The van der Waals surface area contributed by atoms with Gasteiger partial charge in [-0.3, -0.25) is 0 Å². The molecule has 6 heteroatoms. The van der Waals surface area contributed by atoms with Gasteiger partial charge in [-0.15, -0.1) is 10.2 Å². The smallest absolute Gasteiger partial charge is 0.178 e. The molecule has 0 spiro atoms. The molecule has 0 radical (unpaired) electrons. The van der Waals surface area contributed by atoms with Crippen molar-refractivity contribution < 1.29 is 4.74 Å². The van der Waals surface area contributed by atoms with E-state index in [1.165, 1.54) is 11.3 Å². The second-order valence-electron chi connectivity index (χ2n) is 3.47. The Bertz CT molecular complexity index is 485. The molecule has 0 unspecified atom stereocenters. The Balaban J connectivity index is 2.39. The van der Waals surface area contributed by atoms with Crippen LogP contribution in [0.1, 0.15) is 18.5 Å². The minimum atomic E-state index is -0.0819. The summed E-state index contributed by atoms with van der Waals surface area (Å²) >= 11 is 3.07. The molecule has 2 N–H and O–H groups in total. The van der Waals surface area contributed by atoms with Crippen LogP contribution in [0.15, 0.2) is 32.9 Å². The molecule has 1 aromatic heterocycles. The van der Waals surface area contributed by atoms with Crippen LogP contribution >= 0.6 is 23.1 Å². The van der Waals surface area contributed by atoms with Gasteiger partial charge in [0.05, 0.1) is 7.11 Å². The molecule has 0 fully saturated rings. The molecule has 1 atom stereocenters. The zero-order chi connectivity index (χ0) is 12.3. The van der Waals surface area contributed by atoms with Crippen LogP contribution in [0.4, 0.5) is 0 Å². The third kappa shape index (κ3) is 2.77. The monoisotopic (exact) mass is 267 g/mol. The van der Waals surface area contributed by atoms with Gasteiger partial charge in [-0.25, -0.2) is 0 Å². The Morgan fingerprint density at radius 2 is 2.29 bits per heavy atom. The van der Waals surface area contributed by atoms with E-state index in [0.717, 1.165) is 20.5 Å². The highest BCUT2D eigenvalue weighted by Gasteiger charge is 2.14. The van der Waals surface area contributed by atoms with Gasteiger partial charge < -0.3 is 10.5 Å². The largest absolute Gasteiger partial charge is 0.496 e. The molecular formula is C11H13N3OS2. The van der Waals surface area contributed by atoms with E-state index in [1.54, 1.807) is 24.4 Å². The lowest BCUT2D eigenvalue weighted by atomic mass is 10.1. The van der Waals surface area contributed by atoms with Crippen molar-refractivity contribution in [3.05, 3.63) is 29.3 Å². The number of ether oxygens (including phenoxy) is 1. The first kappa shape index (κ1) is 12.3. The zero-order valence-corrected chi connectivity index (χ0v) is 11.2. The first-order valence-corrected chi connectivity index (χ1v) is 6.78. The molecule has 0 aliphatic heterocycles. The van der Waals surface area contributed by atoms with Crippen molar-refractivity contribution in [3.63, 3.8) is 0 Å². The summed E-state index contributed by atoms with van der Waals surface area (Å²) in [5.74, 6) is 0.814. The van der Waals surface area contributed by atoms with Crippen molar-refractivity contribution in [2.75, 3.05) is 7.11 Å². The third-order valence-corrected chi connectivity index (χ3v) is 4.09. The van der Waals surface area contributed by atoms with Gasteiger partial charge in [0.15, 0.2) is 4.34 Å². The fraction of sp³-hybridized carbons (Fsp3) is 0.273. The molecule has 0 bridgehead atoms. The standard InChI is InChI=1S/C11H13N3OS2/c1-7(12)10-8(15-2)4-3-5-9(10)17-11-14-13-6-16-11/h3-7H,12H2,1-2H3/t7-/m0/s1. The highest BCUT2D eigenvalue weighted by atomic mass is 32.2. The summed E-state index contributed by atoms with van der Waals surface area (Å²) in [5, 5.41) is 7.84. The van der Waals surface area contributed by atoms with E-state index in [0.29, 0.717) is 0 Å². The maximum Gasteiger partial charge on any atom is 0.178 e. The lowest BCUT2D eigenvalue weighted by molar-refractivity contribution is 0.405. The van der Waals surface area contributed by atoms with Crippen LogP contribution in [0.3, 0.4) is 0 Å². The predicted octanol–water partition coefficient (Wildman–Crippen LogP) is 2.72. The van der Waals surface area contributed by atoms with E-state index in [1.807, 2.05) is 25.1 Å². The second kappa shape index (κ2) is 5.48. The summed E-state index contributed by atoms with van der Waals surface area (Å²) in [6, 6.07) is 5.81. The maximum absolute atomic E-state index is 5.99. The van der Waals surface area contributed by atoms with E-state index < -0.39 is 0 Å². The SMILES string of the molecule is COc1cccc(Sc2nncs2)c1[C@H](C)N. The van der Waals surface area contributed by atoms with Gasteiger partial charge in [-0.1, -0.05) is 29.2 Å². The number of aromatic nitrogens is 2. The lowest BCUT2D eigenvalue weighted by Gasteiger charge is -2.15. The number of nitrogens with two attached hydrogens (primary N) is 1. The van der Waals surface area contributed by atoms with E-state index in [4.69, 9.17) is 10.5 Å². The average Bonchev–Trinajstić information content (AvgIpc) is 2.81. The molecule has 1 heterocycles. The van der Waals surface area contributed by atoms with Gasteiger partial charge in [0.2, 0.25) is 0 Å². The van der Waals surface area contributed by atoms with Crippen molar-refractivity contribution in [3.8, 4) is 5.75 Å². The molecule has 4 nitrogen and oxygen atoms in total. The van der Waals surface area contributed by atoms with Crippen LogP contribution in [0.5, 0.6) is 5.75 Å². The Morgan fingerprint density at radius 3 is 2.88 bits per heavy atom. The predicted molar refractivity (Wildman–Crippen MR) is 69.6 cm³/mol. The van der Waals surface area contributed by atoms with Crippen LogP contribution in [-0.4, -0.2) is 17.3 Å². The van der Waals surface area contributed by atoms with Gasteiger partial charge in [0, 0.05) is 16.5 Å². The average molecular weight is 267 g/mol. The van der Waals surface area contributed by atoms with E-state index >= 15 is 0 Å². The van der Waals surface area contributed by atoms with Gasteiger partial charge in [-0.05, 0) is 19.1 Å². The van der Waals surface area contributed by atoms with Crippen molar-refractivity contribution in [1.82, 2.24) is 10.2 Å². The molecule has 1 aromatic carbocycles. The Labute approximate surface area is 108 Å². The van der Waals surface area contributed by atoms with Crippen LogP contribution < -0.4 is 10.5 Å². The van der Waals surface area contributed by atoms with Gasteiger partial charge >= 0.3 is 0 Å². The van der Waals surface area contributed by atoms with Gasteiger partial charge in [0.1, 0.15) is 11.3 Å². The number of benzene rings is 1. The molecule has 0 amide bonds. The van der Waals surface area contributed by atoms with E-state index in [2.05, 4.69) is 10.2 Å². The third-order valence-electron chi connectivity index (χ3n) is 2.24. The van der Waals surface area contributed by atoms with Gasteiger partial charge in [-0.2, -0.15) is 0 Å². The second-order valence-corrected chi connectivity index (χ2v) is 5.59. The molecule has 0 aliphatic carbocycles. The fourth-order valence-electron chi connectivity index (χ4n) is 1.54. The summed E-state index contributed by atoms with van der Waals surface area (Å²) < 4.78 is 6.24. The molecule has 17 heavy (non-hydrogen) atoms. The number of nitrogens with zero attached hydrogens (tertiary/aromatic N) is 2. The fourth-order valence-corrected chi connectivity index (χ4v) is 3.23.